The number of halogens is 2. The molecule has 0 spiro atoms. The number of thiol groups is 1. The Morgan fingerprint density at radius 1 is 1.14 bits per heavy atom. The third-order valence-electron chi connectivity index (χ3n) is 5.69. The molecule has 1 aromatic carbocycles. The lowest BCUT2D eigenvalue weighted by Gasteiger charge is -2.28. The quantitative estimate of drug-likeness (QED) is 0.151. The number of nitrogens with zero attached hydrogens (tertiary/aromatic N) is 1. The van der Waals surface area contributed by atoms with Crippen molar-refractivity contribution >= 4 is 54.6 Å². The fourth-order valence-corrected chi connectivity index (χ4v) is 6.71. The number of unbranched alkanes of at least 4 members (excludes halogenated alkanes) is 2. The Morgan fingerprint density at radius 3 is 2.17 bits per heavy atom. The molecule has 0 radical (unpaired) electrons. The molecular weight excluding hydrogens is 529 g/mol. The molecule has 1 saturated carbocycles. The summed E-state index contributed by atoms with van der Waals surface area (Å²) in [5.74, 6) is 1.76. The van der Waals surface area contributed by atoms with Crippen molar-refractivity contribution < 1.29 is 0 Å². The molecule has 2 unspecified atom stereocenters. The normalized spacial score (nSPS) is 21.8. The molecule has 2 aliphatic rings. The molecule has 0 amide bonds. The predicted molar refractivity (Wildman–Crippen MR) is 146 cm³/mol. The van der Waals surface area contributed by atoms with Crippen molar-refractivity contribution in [2.24, 2.45) is 5.92 Å². The van der Waals surface area contributed by atoms with Crippen molar-refractivity contribution in [3.05, 3.63) is 47.5 Å². The van der Waals surface area contributed by atoms with E-state index in [0.29, 0.717) is 6.04 Å². The zero-order valence-corrected chi connectivity index (χ0v) is 22.8. The minimum Gasteiger partial charge on any atom is -0.231 e. The summed E-state index contributed by atoms with van der Waals surface area (Å²) in [4.78, 5) is 0. The fourth-order valence-electron chi connectivity index (χ4n) is 4.17. The van der Waals surface area contributed by atoms with Gasteiger partial charge in [-0.2, -0.15) is 12.6 Å². The summed E-state index contributed by atoms with van der Waals surface area (Å²) in [5.41, 5.74) is 1.42. The van der Waals surface area contributed by atoms with Crippen LogP contribution in [0.1, 0.15) is 89.7 Å². The zero-order chi connectivity index (χ0) is 21.5. The molecule has 1 heterocycles. The van der Waals surface area contributed by atoms with Crippen molar-refractivity contribution in [2.45, 2.75) is 90.1 Å². The molecule has 1 aromatic rings. The summed E-state index contributed by atoms with van der Waals surface area (Å²) in [6.07, 6.45) is 15.7. The molecule has 1 aliphatic heterocycles. The van der Waals surface area contributed by atoms with E-state index in [-0.39, 0.29) is 0 Å². The van der Waals surface area contributed by atoms with Crippen LogP contribution in [-0.4, -0.2) is 16.1 Å². The van der Waals surface area contributed by atoms with Crippen molar-refractivity contribution in [3.63, 3.8) is 0 Å². The molecule has 2 fully saturated rings. The van der Waals surface area contributed by atoms with Gasteiger partial charge < -0.3 is 0 Å². The van der Waals surface area contributed by atoms with Crippen LogP contribution >= 0.6 is 54.6 Å². The van der Waals surface area contributed by atoms with E-state index in [1.165, 1.54) is 69.8 Å². The first kappa shape index (κ1) is 27.7. The lowest BCUT2D eigenvalue weighted by Crippen LogP contribution is -2.25. The van der Waals surface area contributed by atoms with E-state index < -0.39 is 0 Å². The smallest absolute Gasteiger partial charge is 0.0463 e. The van der Waals surface area contributed by atoms with E-state index in [4.69, 9.17) is 11.6 Å². The molecule has 1 nitrogen and oxygen atoms in total. The first-order valence-electron chi connectivity index (χ1n) is 11.1. The third-order valence-corrected chi connectivity index (χ3v) is 8.28. The van der Waals surface area contributed by atoms with Crippen molar-refractivity contribution in [1.29, 1.82) is 0 Å². The van der Waals surface area contributed by atoms with Gasteiger partial charge in [0.25, 0.3) is 0 Å². The van der Waals surface area contributed by atoms with E-state index in [2.05, 4.69) is 70.7 Å². The highest BCUT2D eigenvalue weighted by atomic mass is 127. The van der Waals surface area contributed by atoms with Gasteiger partial charge >= 0.3 is 0 Å². The van der Waals surface area contributed by atoms with Crippen LogP contribution in [0.2, 0.25) is 5.02 Å². The molecule has 2 atom stereocenters. The molecule has 0 N–H and O–H groups in total. The van der Waals surface area contributed by atoms with Crippen LogP contribution < -0.4 is 0 Å². The Bertz CT molecular complexity index is 532. The van der Waals surface area contributed by atoms with Gasteiger partial charge in [-0.15, -0.1) is 6.58 Å². The maximum atomic E-state index is 6.01. The van der Waals surface area contributed by atoms with Crippen LogP contribution in [-0.2, 0) is 0 Å². The molecule has 0 aromatic heterocycles. The lowest BCUT2D eigenvalue weighted by molar-refractivity contribution is 0.308. The van der Waals surface area contributed by atoms with Crippen LogP contribution in [0.3, 0.4) is 0 Å². The molecule has 1 saturated heterocycles. The average molecular weight is 568 g/mol. The maximum absolute atomic E-state index is 6.01. The van der Waals surface area contributed by atoms with Crippen molar-refractivity contribution in [3.8, 4) is 0 Å². The van der Waals surface area contributed by atoms with E-state index in [0.717, 1.165) is 22.7 Å². The van der Waals surface area contributed by atoms with Crippen molar-refractivity contribution in [2.75, 3.05) is 5.75 Å². The maximum Gasteiger partial charge on any atom is 0.0463 e. The molecule has 1 aliphatic carbocycles. The van der Waals surface area contributed by atoms with Gasteiger partial charge in [0.15, 0.2) is 0 Å². The van der Waals surface area contributed by atoms with Gasteiger partial charge in [-0.3, -0.25) is 0 Å². The Labute approximate surface area is 206 Å². The van der Waals surface area contributed by atoms with Gasteiger partial charge in [0.1, 0.15) is 0 Å². The van der Waals surface area contributed by atoms with E-state index >= 15 is 0 Å². The zero-order valence-electron chi connectivity index (χ0n) is 18.2. The van der Waals surface area contributed by atoms with E-state index in [1.807, 2.05) is 21.3 Å². The highest BCUT2D eigenvalue weighted by Crippen LogP contribution is 2.46. The first-order valence-corrected chi connectivity index (χ1v) is 15.5. The SMILES string of the molecule is C=CCS.CCCCC.Clc1ccc(C2CCC(CC3CCCC3)N2SI)cc1. The lowest BCUT2D eigenvalue weighted by atomic mass is 9.97. The summed E-state index contributed by atoms with van der Waals surface area (Å²) in [6, 6.07) is 9.78. The Kier molecular flexibility index (Phi) is 16.4. The minimum absolute atomic E-state index is 0.570. The second kappa shape index (κ2) is 17.2. The molecule has 3 rings (SSSR count). The molecule has 166 valence electrons. The minimum atomic E-state index is 0.570. The van der Waals surface area contributed by atoms with E-state index in [9.17, 15) is 0 Å². The first-order chi connectivity index (χ1) is 14.1. The number of hydrogen-bond acceptors (Lipinski definition) is 3. The van der Waals surface area contributed by atoms with Crippen molar-refractivity contribution in [1.82, 2.24) is 4.31 Å². The fraction of sp³-hybridized carbons (Fsp3) is 0.667. The Balaban J connectivity index is 0.000000396. The summed E-state index contributed by atoms with van der Waals surface area (Å²) < 4.78 is 2.64. The molecule has 5 heteroatoms. The predicted octanol–water partition coefficient (Wildman–Crippen LogP) is 9.72. The summed E-state index contributed by atoms with van der Waals surface area (Å²) in [5, 5.41) is 0.836. The van der Waals surface area contributed by atoms with Gasteiger partial charge in [-0.1, -0.05) is 88.6 Å². The monoisotopic (exact) mass is 567 g/mol. The average Bonchev–Trinajstić information content (AvgIpc) is 3.40. The largest absolute Gasteiger partial charge is 0.231 e. The number of benzene rings is 1. The second-order valence-electron chi connectivity index (χ2n) is 7.94. The number of rotatable bonds is 7. The second-order valence-corrected chi connectivity index (χ2v) is 10.5. The van der Waals surface area contributed by atoms with Gasteiger partial charge in [-0.25, -0.2) is 4.31 Å². The summed E-state index contributed by atoms with van der Waals surface area (Å²) in [6.45, 7) is 7.83. The van der Waals surface area contributed by atoms with Crippen LogP contribution in [0.15, 0.2) is 36.9 Å². The van der Waals surface area contributed by atoms with E-state index in [1.54, 1.807) is 6.08 Å². The Morgan fingerprint density at radius 2 is 1.72 bits per heavy atom. The summed E-state index contributed by atoms with van der Waals surface area (Å²) in [7, 11) is 1.90. The van der Waals surface area contributed by atoms with Crippen LogP contribution in [0.5, 0.6) is 0 Å². The van der Waals surface area contributed by atoms with Gasteiger partial charge in [0.05, 0.1) is 0 Å². The van der Waals surface area contributed by atoms with Crippen LogP contribution in [0.4, 0.5) is 0 Å². The molecular formula is C24H39ClINS2. The Hall–Kier alpha value is 0.640. The topological polar surface area (TPSA) is 3.24 Å². The van der Waals surface area contributed by atoms with Gasteiger partial charge in [-0.05, 0) is 52.0 Å². The van der Waals surface area contributed by atoms with Crippen LogP contribution in [0.25, 0.3) is 0 Å². The van der Waals surface area contributed by atoms with Gasteiger partial charge in [0, 0.05) is 44.1 Å². The van der Waals surface area contributed by atoms with Crippen LogP contribution in [0, 0.1) is 5.92 Å². The summed E-state index contributed by atoms with van der Waals surface area (Å²) >= 11 is 12.3. The number of hydrogen-bond donors (Lipinski definition) is 1. The molecule has 0 bridgehead atoms. The molecule has 29 heavy (non-hydrogen) atoms. The highest BCUT2D eigenvalue weighted by molar-refractivity contribution is 14.2. The van der Waals surface area contributed by atoms with Gasteiger partial charge in [0.2, 0.25) is 0 Å². The third kappa shape index (κ3) is 10.7. The highest BCUT2D eigenvalue weighted by Gasteiger charge is 2.36. The standard InChI is InChI=1S/C16H21ClINS.C5H12.C3H6S/c17-14-7-5-13(6-8-14)16-10-9-15(19(16)20-18)11-12-3-1-2-4-12;1-3-5-4-2;1-2-3-4/h5-8,12,15-16H,1-4,9-11H2;3-5H2,1-2H3;2,4H,1,3H2.